The van der Waals surface area contributed by atoms with E-state index in [1.54, 1.807) is 30.0 Å². The average Bonchev–Trinajstić information content (AvgIpc) is 2.81. The number of rotatable bonds is 6. The summed E-state index contributed by atoms with van der Waals surface area (Å²) in [5.74, 6) is 0. The summed E-state index contributed by atoms with van der Waals surface area (Å²) < 4.78 is 6.66. The van der Waals surface area contributed by atoms with Gasteiger partial charge in [-0.3, -0.25) is 14.7 Å². The molecule has 0 spiro atoms. The van der Waals surface area contributed by atoms with Crippen molar-refractivity contribution in [2.45, 2.75) is 37.9 Å². The second-order valence-corrected chi connectivity index (χ2v) is 9.29. The van der Waals surface area contributed by atoms with Gasteiger partial charge in [-0.1, -0.05) is 61.3 Å². The van der Waals surface area contributed by atoms with Gasteiger partial charge >= 0.3 is 6.09 Å². The number of allylic oxidation sites excluding steroid dienone is 4. The Hall–Kier alpha value is -3.65. The molecule has 8 heteroatoms. The van der Waals surface area contributed by atoms with Crippen LogP contribution < -0.4 is 10.9 Å². The minimum Gasteiger partial charge on any atom is -0.444 e. The number of pyridine rings is 1. The lowest BCUT2D eigenvalue weighted by molar-refractivity contribution is 0.0636. The monoisotopic (exact) mass is 492 g/mol. The van der Waals surface area contributed by atoms with Crippen LogP contribution in [0.15, 0.2) is 89.5 Å². The molecule has 2 heterocycles. The topological polar surface area (TPSA) is 86.1 Å². The molecule has 2 aromatic heterocycles. The van der Waals surface area contributed by atoms with Gasteiger partial charge in [0, 0.05) is 36.3 Å². The zero-order valence-corrected chi connectivity index (χ0v) is 21.7. The Morgan fingerprint density at radius 1 is 1.23 bits per heavy atom. The van der Waals surface area contributed by atoms with E-state index < -0.39 is 11.7 Å². The molecule has 0 atom stereocenters. The standard InChI is InChI=1S/C16H17N3OS.C11H15NO2/c1-5-7-11(6-2)8-12-9-13-10-17-16(21-4)18-14(13)19(3)15(12)20;1-11(2,3)14-10(13)12-9-7-5-4-6-8-9/h5-7,9-10H,1-2,8H2,3-4H3;4-8H,1-3H3,(H,12,13)/b11-7+;. The summed E-state index contributed by atoms with van der Waals surface area (Å²) in [5.41, 5.74) is 2.52. The molecular weight excluding hydrogens is 460 g/mol. The molecule has 0 radical (unpaired) electrons. The van der Waals surface area contributed by atoms with E-state index >= 15 is 0 Å². The Kier molecular flexibility index (Phi) is 10.0. The molecule has 0 saturated carbocycles. The van der Waals surface area contributed by atoms with Gasteiger partial charge in [0.1, 0.15) is 11.2 Å². The molecule has 0 aliphatic heterocycles. The molecule has 1 aromatic carbocycles. The molecule has 7 nitrogen and oxygen atoms in total. The van der Waals surface area contributed by atoms with Crippen LogP contribution in [0.1, 0.15) is 26.3 Å². The summed E-state index contributed by atoms with van der Waals surface area (Å²) in [6, 6.07) is 11.1. The zero-order chi connectivity index (χ0) is 26.0. The minimum atomic E-state index is -0.459. The number of aromatic nitrogens is 3. The highest BCUT2D eigenvalue weighted by Gasteiger charge is 2.15. The van der Waals surface area contributed by atoms with E-state index in [0.29, 0.717) is 22.8 Å². The fourth-order valence-electron chi connectivity index (χ4n) is 3.04. The first kappa shape index (κ1) is 27.6. The van der Waals surface area contributed by atoms with Crippen LogP contribution in [0.3, 0.4) is 0 Å². The van der Waals surface area contributed by atoms with Crippen molar-refractivity contribution in [3.8, 4) is 0 Å². The number of para-hydroxylation sites is 1. The van der Waals surface area contributed by atoms with Gasteiger partial charge in [0.2, 0.25) is 0 Å². The average molecular weight is 493 g/mol. The van der Waals surface area contributed by atoms with Crippen molar-refractivity contribution < 1.29 is 9.53 Å². The lowest BCUT2D eigenvalue weighted by Gasteiger charge is -2.19. The quantitative estimate of drug-likeness (QED) is 0.261. The summed E-state index contributed by atoms with van der Waals surface area (Å²) in [4.78, 5) is 32.4. The van der Waals surface area contributed by atoms with E-state index in [4.69, 9.17) is 4.74 Å². The van der Waals surface area contributed by atoms with Crippen LogP contribution in [-0.4, -0.2) is 32.5 Å². The van der Waals surface area contributed by atoms with Crippen LogP contribution in [0.4, 0.5) is 10.5 Å². The highest BCUT2D eigenvalue weighted by atomic mass is 32.2. The van der Waals surface area contributed by atoms with Gasteiger partial charge in [0.25, 0.3) is 5.56 Å². The van der Waals surface area contributed by atoms with Crippen molar-refractivity contribution in [3.05, 3.63) is 95.5 Å². The Labute approximate surface area is 210 Å². The van der Waals surface area contributed by atoms with Crippen LogP contribution >= 0.6 is 11.8 Å². The fourth-order valence-corrected chi connectivity index (χ4v) is 3.37. The number of hydrogen-bond donors (Lipinski definition) is 1. The third-order valence-corrected chi connectivity index (χ3v) is 5.15. The predicted octanol–water partition coefficient (Wildman–Crippen LogP) is 5.92. The summed E-state index contributed by atoms with van der Waals surface area (Å²) in [6.07, 6.45) is 9.02. The number of carbonyl (C=O) groups excluding carboxylic acids is 1. The summed E-state index contributed by atoms with van der Waals surface area (Å²) in [6.45, 7) is 12.9. The number of thioether (sulfide) groups is 1. The molecule has 0 saturated heterocycles. The number of fused-ring (bicyclic) bond motifs is 1. The van der Waals surface area contributed by atoms with Gasteiger partial charge in [0.15, 0.2) is 5.16 Å². The number of amides is 1. The minimum absolute atomic E-state index is 0.0509. The maximum Gasteiger partial charge on any atom is 0.412 e. The van der Waals surface area contributed by atoms with Crippen LogP contribution in [-0.2, 0) is 18.2 Å². The van der Waals surface area contributed by atoms with Gasteiger partial charge in [-0.2, -0.15) is 0 Å². The SMILES string of the molecule is C=C/C=C(\C=C)Cc1cc2cnc(SC)nc2n(C)c1=O.CC(C)(C)OC(=O)Nc1ccccc1. The summed E-state index contributed by atoms with van der Waals surface area (Å²) >= 11 is 1.45. The highest BCUT2D eigenvalue weighted by molar-refractivity contribution is 7.98. The molecule has 0 bridgehead atoms. The summed E-state index contributed by atoms with van der Waals surface area (Å²) in [7, 11) is 1.73. The number of ether oxygens (including phenoxy) is 1. The molecule has 0 aliphatic carbocycles. The number of anilines is 1. The predicted molar refractivity (Wildman–Crippen MR) is 145 cm³/mol. The maximum absolute atomic E-state index is 12.4. The van der Waals surface area contributed by atoms with Crippen LogP contribution in [0.5, 0.6) is 0 Å². The van der Waals surface area contributed by atoms with E-state index in [2.05, 4.69) is 28.4 Å². The van der Waals surface area contributed by atoms with E-state index in [0.717, 1.165) is 16.6 Å². The number of aryl methyl sites for hydroxylation is 1. The molecule has 3 aromatic rings. The Morgan fingerprint density at radius 2 is 1.91 bits per heavy atom. The van der Waals surface area contributed by atoms with Crippen molar-refractivity contribution in [3.63, 3.8) is 0 Å². The second kappa shape index (κ2) is 12.7. The van der Waals surface area contributed by atoms with Gasteiger partial charge in [0.05, 0.1) is 0 Å². The molecule has 0 unspecified atom stereocenters. The fraction of sp³-hybridized carbons (Fsp3) is 0.259. The summed E-state index contributed by atoms with van der Waals surface area (Å²) in [5, 5.41) is 4.15. The first-order valence-corrected chi connectivity index (χ1v) is 12.2. The lowest BCUT2D eigenvalue weighted by atomic mass is 10.1. The van der Waals surface area contributed by atoms with Gasteiger partial charge in [-0.05, 0) is 50.8 Å². The highest BCUT2D eigenvalue weighted by Crippen LogP contribution is 2.16. The van der Waals surface area contributed by atoms with Gasteiger partial charge in [-0.25, -0.2) is 14.8 Å². The third-order valence-electron chi connectivity index (χ3n) is 4.59. The molecule has 0 fully saturated rings. The third kappa shape index (κ3) is 8.57. The largest absolute Gasteiger partial charge is 0.444 e. The van der Waals surface area contributed by atoms with Gasteiger partial charge in [-0.15, -0.1) is 0 Å². The van der Waals surface area contributed by atoms with E-state index in [9.17, 15) is 9.59 Å². The first-order valence-electron chi connectivity index (χ1n) is 11.0. The Balaban J connectivity index is 0.000000269. The van der Waals surface area contributed by atoms with Crippen molar-refractivity contribution in [1.82, 2.24) is 14.5 Å². The molecular formula is C27H32N4O3S. The van der Waals surface area contributed by atoms with Crippen LogP contribution in [0.25, 0.3) is 11.0 Å². The van der Waals surface area contributed by atoms with Crippen LogP contribution in [0, 0.1) is 0 Å². The van der Waals surface area contributed by atoms with E-state index in [1.165, 1.54) is 11.8 Å². The second-order valence-electron chi connectivity index (χ2n) is 8.52. The number of nitrogens with one attached hydrogen (secondary N) is 1. The molecule has 1 N–H and O–H groups in total. The van der Waals surface area contributed by atoms with Crippen molar-refractivity contribution in [1.29, 1.82) is 0 Å². The zero-order valence-electron chi connectivity index (χ0n) is 20.9. The van der Waals surface area contributed by atoms with Gasteiger partial charge < -0.3 is 4.74 Å². The smallest absolute Gasteiger partial charge is 0.412 e. The number of benzene rings is 1. The molecule has 184 valence electrons. The Bertz CT molecular complexity index is 1280. The van der Waals surface area contributed by atoms with Crippen molar-refractivity contribution >= 4 is 34.6 Å². The first-order chi connectivity index (χ1) is 16.6. The maximum atomic E-state index is 12.4. The molecule has 35 heavy (non-hydrogen) atoms. The normalized spacial score (nSPS) is 11.3. The van der Waals surface area contributed by atoms with E-state index in [-0.39, 0.29) is 5.56 Å². The molecule has 0 aliphatic rings. The van der Waals surface area contributed by atoms with Crippen molar-refractivity contribution in [2.75, 3.05) is 11.6 Å². The lowest BCUT2D eigenvalue weighted by Crippen LogP contribution is -2.27. The van der Waals surface area contributed by atoms with E-state index in [1.807, 2.05) is 69.5 Å². The van der Waals surface area contributed by atoms with Crippen molar-refractivity contribution in [2.24, 2.45) is 7.05 Å². The number of carbonyl (C=O) groups is 1. The number of hydrogen-bond acceptors (Lipinski definition) is 6. The molecule has 1 amide bonds. The molecule has 3 rings (SSSR count). The van der Waals surface area contributed by atoms with Crippen LogP contribution in [0.2, 0.25) is 0 Å². The number of nitrogens with zero attached hydrogens (tertiary/aromatic N) is 3. The Morgan fingerprint density at radius 3 is 2.49 bits per heavy atom.